The molecule has 0 saturated heterocycles. The lowest BCUT2D eigenvalue weighted by Crippen LogP contribution is -2.34. The van der Waals surface area contributed by atoms with Gasteiger partial charge in [-0.15, -0.1) is 11.3 Å². The predicted octanol–water partition coefficient (Wildman–Crippen LogP) is 5.32. The van der Waals surface area contributed by atoms with Gasteiger partial charge in [0.1, 0.15) is 12.4 Å². The molecule has 2 aliphatic rings. The Labute approximate surface area is 178 Å². The van der Waals surface area contributed by atoms with Gasteiger partial charge >= 0.3 is 0 Å². The van der Waals surface area contributed by atoms with E-state index in [4.69, 9.17) is 14.2 Å². The molecule has 0 atom stereocenters. The highest BCUT2D eigenvalue weighted by Gasteiger charge is 2.44. The first-order valence-electron chi connectivity index (χ1n) is 10.1. The van der Waals surface area contributed by atoms with Crippen LogP contribution in [0.2, 0.25) is 0 Å². The lowest BCUT2D eigenvalue weighted by molar-refractivity contribution is -0.0716. The number of carbonyl (C=O) groups excluding carboxylic acids is 1. The standard InChI is InChI=1S/C23H22N2O4S/c1-15-24-18(14-30-15)13-27-19-7-4-16(5-8-19)22(26)25-17-6-9-20-21(12-17)29-23(28-20)10-2-3-11-23/h4-9,12,14H,2-3,10-11,13H2,1H3,(H,25,26). The van der Waals surface area contributed by atoms with Gasteiger partial charge < -0.3 is 19.5 Å². The first-order chi connectivity index (χ1) is 14.6. The van der Waals surface area contributed by atoms with Crippen molar-refractivity contribution in [1.29, 1.82) is 0 Å². The number of carbonyl (C=O) groups is 1. The third-order valence-electron chi connectivity index (χ3n) is 5.33. The lowest BCUT2D eigenvalue weighted by atomic mass is 10.2. The van der Waals surface area contributed by atoms with Gasteiger partial charge in [0.05, 0.1) is 10.7 Å². The fraction of sp³-hybridized carbons (Fsp3) is 0.304. The predicted molar refractivity (Wildman–Crippen MR) is 114 cm³/mol. The van der Waals surface area contributed by atoms with E-state index < -0.39 is 5.79 Å². The lowest BCUT2D eigenvalue weighted by Gasteiger charge is -2.21. The van der Waals surface area contributed by atoms with Crippen LogP contribution in [0.3, 0.4) is 0 Å². The minimum Gasteiger partial charge on any atom is -0.487 e. The molecule has 7 heteroatoms. The maximum absolute atomic E-state index is 12.6. The normalized spacial score (nSPS) is 16.0. The fourth-order valence-corrected chi connectivity index (χ4v) is 4.42. The number of amides is 1. The second-order valence-electron chi connectivity index (χ2n) is 7.61. The van der Waals surface area contributed by atoms with Crippen molar-refractivity contribution in [1.82, 2.24) is 4.98 Å². The molecule has 30 heavy (non-hydrogen) atoms. The topological polar surface area (TPSA) is 69.7 Å². The number of fused-ring (bicyclic) bond motifs is 1. The van der Waals surface area contributed by atoms with E-state index in [0.717, 1.165) is 42.1 Å². The SMILES string of the molecule is Cc1nc(COc2ccc(C(=O)Nc3ccc4c(c3)OC3(CCCC3)O4)cc2)cs1. The third kappa shape index (κ3) is 3.85. The zero-order valence-corrected chi connectivity index (χ0v) is 17.5. The number of nitrogens with zero attached hydrogens (tertiary/aromatic N) is 1. The number of nitrogens with one attached hydrogen (secondary N) is 1. The summed E-state index contributed by atoms with van der Waals surface area (Å²) in [7, 11) is 0. The summed E-state index contributed by atoms with van der Waals surface area (Å²) in [5.74, 6) is 1.44. The van der Waals surface area contributed by atoms with Gasteiger partial charge in [0.25, 0.3) is 11.7 Å². The molecule has 1 spiro atoms. The van der Waals surface area contributed by atoms with Gasteiger partial charge in [-0.3, -0.25) is 4.79 Å². The molecule has 1 aromatic heterocycles. The molecule has 1 N–H and O–H groups in total. The van der Waals surface area contributed by atoms with Crippen LogP contribution in [0.25, 0.3) is 0 Å². The number of anilines is 1. The summed E-state index contributed by atoms with van der Waals surface area (Å²) in [5, 5.41) is 5.92. The number of aromatic nitrogens is 1. The van der Waals surface area contributed by atoms with Crippen LogP contribution in [0.1, 0.15) is 46.7 Å². The monoisotopic (exact) mass is 422 g/mol. The fourth-order valence-electron chi connectivity index (χ4n) is 3.83. The number of rotatable bonds is 5. The van der Waals surface area contributed by atoms with Crippen LogP contribution in [-0.4, -0.2) is 16.7 Å². The van der Waals surface area contributed by atoms with Crippen LogP contribution in [0.4, 0.5) is 5.69 Å². The molecule has 2 heterocycles. The van der Waals surface area contributed by atoms with Crippen molar-refractivity contribution in [3.8, 4) is 17.2 Å². The molecule has 1 saturated carbocycles. The summed E-state index contributed by atoms with van der Waals surface area (Å²) in [6.45, 7) is 2.38. The Bertz CT molecular complexity index is 1070. The molecule has 2 aromatic carbocycles. The molecule has 0 bridgehead atoms. The minimum absolute atomic E-state index is 0.189. The largest absolute Gasteiger partial charge is 0.487 e. The van der Waals surface area contributed by atoms with E-state index in [-0.39, 0.29) is 5.91 Å². The average molecular weight is 423 g/mol. The third-order valence-corrected chi connectivity index (χ3v) is 6.15. The van der Waals surface area contributed by atoms with Gasteiger partial charge in [-0.25, -0.2) is 4.98 Å². The number of thiazole rings is 1. The Morgan fingerprint density at radius 3 is 2.63 bits per heavy atom. The Hall–Kier alpha value is -3.06. The molecule has 1 aliphatic heterocycles. The van der Waals surface area contributed by atoms with Gasteiger partial charge in [0.2, 0.25) is 0 Å². The van der Waals surface area contributed by atoms with E-state index in [1.807, 2.05) is 30.5 Å². The highest BCUT2D eigenvalue weighted by Crippen LogP contribution is 2.47. The van der Waals surface area contributed by atoms with Gasteiger partial charge in [0.15, 0.2) is 11.5 Å². The molecule has 3 aromatic rings. The first-order valence-corrected chi connectivity index (χ1v) is 10.9. The van der Waals surface area contributed by atoms with Gasteiger partial charge in [0, 0.05) is 35.5 Å². The summed E-state index contributed by atoms with van der Waals surface area (Å²) >= 11 is 1.60. The first kappa shape index (κ1) is 18.9. The number of hydrogen-bond acceptors (Lipinski definition) is 6. The van der Waals surface area contributed by atoms with Crippen LogP contribution < -0.4 is 19.5 Å². The smallest absolute Gasteiger partial charge is 0.255 e. The number of aryl methyl sites for hydroxylation is 1. The van der Waals surface area contributed by atoms with Crippen molar-refractivity contribution >= 4 is 22.9 Å². The van der Waals surface area contributed by atoms with E-state index >= 15 is 0 Å². The van der Waals surface area contributed by atoms with Crippen LogP contribution in [0, 0.1) is 6.92 Å². The highest BCUT2D eigenvalue weighted by molar-refractivity contribution is 7.09. The quantitative estimate of drug-likeness (QED) is 0.602. The van der Waals surface area contributed by atoms with Crippen LogP contribution in [0.5, 0.6) is 17.2 Å². The Balaban J connectivity index is 1.21. The molecule has 1 aliphatic carbocycles. The van der Waals surface area contributed by atoms with Gasteiger partial charge in [-0.05, 0) is 56.2 Å². The molecular formula is C23H22N2O4S. The Morgan fingerprint density at radius 1 is 1.13 bits per heavy atom. The maximum atomic E-state index is 12.6. The number of benzene rings is 2. The molecule has 0 radical (unpaired) electrons. The molecule has 154 valence electrons. The number of hydrogen-bond donors (Lipinski definition) is 1. The second-order valence-corrected chi connectivity index (χ2v) is 8.67. The van der Waals surface area contributed by atoms with Gasteiger partial charge in [-0.1, -0.05) is 0 Å². The molecular weight excluding hydrogens is 400 g/mol. The zero-order chi connectivity index (χ0) is 20.6. The average Bonchev–Trinajstić information content (AvgIpc) is 3.46. The molecule has 1 amide bonds. The van der Waals surface area contributed by atoms with E-state index in [2.05, 4.69) is 10.3 Å². The van der Waals surface area contributed by atoms with Crippen molar-refractivity contribution in [3.05, 3.63) is 64.1 Å². The van der Waals surface area contributed by atoms with Crippen molar-refractivity contribution < 1.29 is 19.0 Å². The van der Waals surface area contributed by atoms with Crippen LogP contribution in [-0.2, 0) is 6.61 Å². The van der Waals surface area contributed by atoms with Gasteiger partial charge in [-0.2, -0.15) is 0 Å². The highest BCUT2D eigenvalue weighted by atomic mass is 32.1. The summed E-state index contributed by atoms with van der Waals surface area (Å²) < 4.78 is 17.8. The zero-order valence-electron chi connectivity index (χ0n) is 16.6. The van der Waals surface area contributed by atoms with Crippen LogP contribution >= 0.6 is 11.3 Å². The van der Waals surface area contributed by atoms with E-state index in [1.165, 1.54) is 0 Å². The Morgan fingerprint density at radius 2 is 1.90 bits per heavy atom. The molecule has 1 fully saturated rings. The summed E-state index contributed by atoms with van der Waals surface area (Å²) in [5.41, 5.74) is 2.13. The molecule has 6 nitrogen and oxygen atoms in total. The van der Waals surface area contributed by atoms with Crippen molar-refractivity contribution in [2.24, 2.45) is 0 Å². The minimum atomic E-state index is -0.502. The summed E-state index contributed by atoms with van der Waals surface area (Å²) in [4.78, 5) is 17.0. The van der Waals surface area contributed by atoms with Crippen LogP contribution in [0.15, 0.2) is 47.8 Å². The second kappa shape index (κ2) is 7.65. The Kier molecular flexibility index (Phi) is 4.83. The van der Waals surface area contributed by atoms with E-state index in [0.29, 0.717) is 29.4 Å². The molecule has 5 rings (SSSR count). The van der Waals surface area contributed by atoms with Crippen molar-refractivity contribution in [2.75, 3.05) is 5.32 Å². The maximum Gasteiger partial charge on any atom is 0.255 e. The summed E-state index contributed by atoms with van der Waals surface area (Å²) in [6, 6.07) is 12.6. The van der Waals surface area contributed by atoms with E-state index in [9.17, 15) is 4.79 Å². The van der Waals surface area contributed by atoms with Crippen molar-refractivity contribution in [2.45, 2.75) is 45.0 Å². The van der Waals surface area contributed by atoms with E-state index in [1.54, 1.807) is 35.6 Å². The molecule has 0 unspecified atom stereocenters. The summed E-state index contributed by atoms with van der Waals surface area (Å²) in [6.07, 6.45) is 4.03. The van der Waals surface area contributed by atoms with Crippen molar-refractivity contribution in [3.63, 3.8) is 0 Å². The number of ether oxygens (including phenoxy) is 3.